The second-order valence-corrected chi connectivity index (χ2v) is 5.74. The summed E-state index contributed by atoms with van der Waals surface area (Å²) in [5.41, 5.74) is -0.515. The van der Waals surface area contributed by atoms with Crippen molar-refractivity contribution in [1.82, 2.24) is 5.32 Å². The first-order chi connectivity index (χ1) is 10.1. The van der Waals surface area contributed by atoms with E-state index in [2.05, 4.69) is 5.32 Å². The number of hydrogen-bond donors (Lipinski definition) is 1. The van der Waals surface area contributed by atoms with Gasteiger partial charge in [0.05, 0.1) is 19.3 Å². The van der Waals surface area contributed by atoms with Gasteiger partial charge >= 0.3 is 5.97 Å². The van der Waals surface area contributed by atoms with Crippen molar-refractivity contribution in [3.63, 3.8) is 0 Å². The minimum Gasteiger partial charge on any atom is -0.465 e. The number of likely N-dealkylation sites (N-methyl/N-ethyl adjacent to an activating group) is 1. The predicted molar refractivity (Wildman–Crippen MR) is 82.3 cm³/mol. The Bertz CT molecular complexity index is 311. The van der Waals surface area contributed by atoms with E-state index in [1.54, 1.807) is 7.11 Å². The summed E-state index contributed by atoms with van der Waals surface area (Å²) in [4.78, 5) is 12.4. The molecule has 5 heteroatoms. The van der Waals surface area contributed by atoms with Crippen LogP contribution in [0, 0.1) is 5.92 Å². The number of ether oxygens (including phenoxy) is 3. The Kier molecular flexibility index (Phi) is 8.22. The number of hydrogen-bond acceptors (Lipinski definition) is 5. The second kappa shape index (κ2) is 9.38. The molecule has 1 N–H and O–H groups in total. The molecule has 0 bridgehead atoms. The van der Waals surface area contributed by atoms with Crippen molar-refractivity contribution in [3.8, 4) is 0 Å². The third-order valence-electron chi connectivity index (χ3n) is 4.22. The van der Waals surface area contributed by atoms with Crippen LogP contribution < -0.4 is 5.32 Å². The number of nitrogens with one attached hydrogen (secondary N) is 1. The van der Waals surface area contributed by atoms with Crippen LogP contribution in [-0.2, 0) is 19.0 Å². The molecule has 0 aromatic rings. The fourth-order valence-electron chi connectivity index (χ4n) is 3.31. The van der Waals surface area contributed by atoms with Gasteiger partial charge in [-0.05, 0) is 45.6 Å². The number of carbonyl (C=O) groups is 1. The lowest BCUT2D eigenvalue weighted by molar-refractivity contribution is -0.153. The Hall–Kier alpha value is -0.650. The molecule has 0 aliphatic heterocycles. The Morgan fingerprint density at radius 1 is 1.43 bits per heavy atom. The van der Waals surface area contributed by atoms with Crippen molar-refractivity contribution in [2.45, 2.75) is 58.1 Å². The fourth-order valence-corrected chi connectivity index (χ4v) is 3.31. The average molecular weight is 301 g/mol. The Morgan fingerprint density at radius 3 is 2.81 bits per heavy atom. The van der Waals surface area contributed by atoms with Gasteiger partial charge in [-0.3, -0.25) is 4.79 Å². The first-order valence-corrected chi connectivity index (χ1v) is 8.13. The highest BCUT2D eigenvalue weighted by Gasteiger charge is 2.49. The number of methoxy groups -OCH3 is 1. The number of carbonyl (C=O) groups excluding carboxylic acids is 1. The molecule has 1 fully saturated rings. The molecule has 21 heavy (non-hydrogen) atoms. The lowest BCUT2D eigenvalue weighted by Crippen LogP contribution is -2.55. The van der Waals surface area contributed by atoms with Gasteiger partial charge in [0.25, 0.3) is 0 Å². The molecule has 0 spiro atoms. The lowest BCUT2D eigenvalue weighted by atomic mass is 9.84. The van der Waals surface area contributed by atoms with Gasteiger partial charge in [-0.15, -0.1) is 0 Å². The molecular formula is C16H31NO4. The predicted octanol–water partition coefficient (Wildman–Crippen LogP) is 2.14. The monoisotopic (exact) mass is 301 g/mol. The molecule has 1 saturated carbocycles. The molecule has 0 radical (unpaired) electrons. The summed E-state index contributed by atoms with van der Waals surface area (Å²) in [7, 11) is 1.67. The highest BCUT2D eigenvalue weighted by atomic mass is 16.5. The third-order valence-corrected chi connectivity index (χ3v) is 4.22. The van der Waals surface area contributed by atoms with Gasteiger partial charge in [-0.25, -0.2) is 0 Å². The zero-order valence-corrected chi connectivity index (χ0v) is 13.9. The highest BCUT2D eigenvalue weighted by Crippen LogP contribution is 2.39. The van der Waals surface area contributed by atoms with E-state index in [9.17, 15) is 4.79 Å². The van der Waals surface area contributed by atoms with Gasteiger partial charge in [-0.2, -0.15) is 0 Å². The molecule has 1 aliphatic rings. The molecule has 0 aromatic heterocycles. The zero-order chi connectivity index (χ0) is 15.7. The summed E-state index contributed by atoms with van der Waals surface area (Å²) in [6, 6.07) is 0. The SMILES string of the molecule is CCNC1(C(=O)OCC)CCCC1CCOC(C)COC. The van der Waals surface area contributed by atoms with E-state index < -0.39 is 5.54 Å². The van der Waals surface area contributed by atoms with Crippen molar-refractivity contribution in [2.24, 2.45) is 5.92 Å². The summed E-state index contributed by atoms with van der Waals surface area (Å²) in [5, 5.41) is 3.40. The van der Waals surface area contributed by atoms with Crippen molar-refractivity contribution < 1.29 is 19.0 Å². The van der Waals surface area contributed by atoms with Gasteiger partial charge < -0.3 is 19.5 Å². The molecule has 0 aromatic carbocycles. The highest BCUT2D eigenvalue weighted by molar-refractivity contribution is 5.81. The topological polar surface area (TPSA) is 56.8 Å². The number of esters is 1. The van der Waals surface area contributed by atoms with Gasteiger partial charge in [0.1, 0.15) is 5.54 Å². The van der Waals surface area contributed by atoms with Crippen LogP contribution in [0.1, 0.15) is 46.5 Å². The molecule has 0 heterocycles. The molecule has 124 valence electrons. The smallest absolute Gasteiger partial charge is 0.326 e. The van der Waals surface area contributed by atoms with E-state index in [-0.39, 0.29) is 18.0 Å². The first-order valence-electron chi connectivity index (χ1n) is 8.13. The first kappa shape index (κ1) is 18.4. The molecule has 0 saturated heterocycles. The van der Waals surface area contributed by atoms with E-state index in [0.717, 1.165) is 32.2 Å². The summed E-state index contributed by atoms with van der Waals surface area (Å²) in [5.74, 6) is 0.186. The molecule has 0 amide bonds. The minimum atomic E-state index is -0.515. The van der Waals surface area contributed by atoms with Gasteiger partial charge in [0.15, 0.2) is 0 Å². The standard InChI is InChI=1S/C16H31NO4/c1-5-17-16(15(18)20-6-2)10-7-8-14(16)9-11-21-13(3)12-19-4/h13-14,17H,5-12H2,1-4H3. The molecule has 3 atom stereocenters. The minimum absolute atomic E-state index is 0.0903. The van der Waals surface area contributed by atoms with Crippen LogP contribution in [0.15, 0.2) is 0 Å². The van der Waals surface area contributed by atoms with Crippen LogP contribution >= 0.6 is 0 Å². The quantitative estimate of drug-likeness (QED) is 0.627. The van der Waals surface area contributed by atoms with Crippen LogP contribution in [0.4, 0.5) is 0 Å². The maximum Gasteiger partial charge on any atom is 0.326 e. The number of rotatable bonds is 10. The summed E-state index contributed by atoms with van der Waals surface area (Å²) in [6.45, 7) is 8.35. The maximum absolute atomic E-state index is 12.4. The Balaban J connectivity index is 2.58. The van der Waals surface area contributed by atoms with E-state index in [1.165, 1.54) is 0 Å². The third kappa shape index (κ3) is 4.94. The van der Waals surface area contributed by atoms with Crippen molar-refractivity contribution in [1.29, 1.82) is 0 Å². The van der Waals surface area contributed by atoms with E-state index in [4.69, 9.17) is 14.2 Å². The summed E-state index contributed by atoms with van der Waals surface area (Å²) < 4.78 is 16.1. The van der Waals surface area contributed by atoms with E-state index >= 15 is 0 Å². The summed E-state index contributed by atoms with van der Waals surface area (Å²) >= 11 is 0. The molecule has 1 aliphatic carbocycles. The van der Waals surface area contributed by atoms with E-state index in [0.29, 0.717) is 19.8 Å². The average Bonchev–Trinajstić information content (AvgIpc) is 2.84. The molecule has 3 unspecified atom stereocenters. The van der Waals surface area contributed by atoms with Gasteiger partial charge in [-0.1, -0.05) is 13.3 Å². The van der Waals surface area contributed by atoms with Crippen LogP contribution in [0.25, 0.3) is 0 Å². The molecular weight excluding hydrogens is 270 g/mol. The molecule has 1 rings (SSSR count). The van der Waals surface area contributed by atoms with Crippen molar-refractivity contribution >= 4 is 5.97 Å². The van der Waals surface area contributed by atoms with Crippen molar-refractivity contribution in [2.75, 3.05) is 33.5 Å². The fraction of sp³-hybridized carbons (Fsp3) is 0.938. The van der Waals surface area contributed by atoms with Crippen LogP contribution in [-0.4, -0.2) is 51.1 Å². The van der Waals surface area contributed by atoms with Gasteiger partial charge in [0.2, 0.25) is 0 Å². The van der Waals surface area contributed by atoms with E-state index in [1.807, 2.05) is 20.8 Å². The Morgan fingerprint density at radius 2 is 2.19 bits per heavy atom. The van der Waals surface area contributed by atoms with Crippen LogP contribution in [0.5, 0.6) is 0 Å². The van der Waals surface area contributed by atoms with Gasteiger partial charge in [0, 0.05) is 13.7 Å². The lowest BCUT2D eigenvalue weighted by Gasteiger charge is -2.34. The maximum atomic E-state index is 12.4. The normalized spacial score (nSPS) is 26.8. The zero-order valence-electron chi connectivity index (χ0n) is 13.9. The molecule has 5 nitrogen and oxygen atoms in total. The van der Waals surface area contributed by atoms with Crippen LogP contribution in [0.3, 0.4) is 0 Å². The second-order valence-electron chi connectivity index (χ2n) is 5.74. The van der Waals surface area contributed by atoms with Crippen LogP contribution in [0.2, 0.25) is 0 Å². The largest absolute Gasteiger partial charge is 0.465 e. The summed E-state index contributed by atoms with van der Waals surface area (Å²) in [6.07, 6.45) is 3.93. The Labute approximate surface area is 128 Å². The van der Waals surface area contributed by atoms with Crippen molar-refractivity contribution in [3.05, 3.63) is 0 Å².